The van der Waals surface area contributed by atoms with Crippen LogP contribution in [0.3, 0.4) is 0 Å². The Morgan fingerprint density at radius 3 is 2.62 bits per heavy atom. The fourth-order valence-corrected chi connectivity index (χ4v) is 3.67. The number of anilines is 1. The highest BCUT2D eigenvalue weighted by molar-refractivity contribution is 7.84. The molecule has 0 saturated carbocycles. The van der Waals surface area contributed by atoms with Crippen molar-refractivity contribution in [1.82, 2.24) is 4.98 Å². The van der Waals surface area contributed by atoms with Crippen LogP contribution in [0.2, 0.25) is 0 Å². The number of nitrogens with one attached hydrogen (secondary N) is 1. The minimum Gasteiger partial charge on any atom is -0.441 e. The first-order chi connectivity index (χ1) is 13.8. The van der Waals surface area contributed by atoms with Crippen molar-refractivity contribution in [2.75, 3.05) is 11.1 Å². The Morgan fingerprint density at radius 2 is 1.93 bits per heavy atom. The fraction of sp³-hybridized carbons (Fsp3) is 0.200. The van der Waals surface area contributed by atoms with Crippen molar-refractivity contribution in [2.24, 2.45) is 0 Å². The number of carbonyl (C=O) groups excluding carboxylic acids is 1. The second-order valence-corrected chi connectivity index (χ2v) is 7.93. The van der Waals surface area contributed by atoms with Crippen LogP contribution in [0.5, 0.6) is 0 Å². The van der Waals surface area contributed by atoms with E-state index in [-0.39, 0.29) is 22.9 Å². The highest BCUT2D eigenvalue weighted by atomic mass is 32.2. The third-order valence-electron chi connectivity index (χ3n) is 4.12. The lowest BCUT2D eigenvalue weighted by Gasteiger charge is -2.05. The molecule has 2 aromatic carbocycles. The van der Waals surface area contributed by atoms with E-state index in [0.29, 0.717) is 17.3 Å². The van der Waals surface area contributed by atoms with Gasteiger partial charge in [-0.05, 0) is 32.0 Å². The van der Waals surface area contributed by atoms with Gasteiger partial charge in [0.15, 0.2) is 0 Å². The second-order valence-electron chi connectivity index (χ2n) is 6.47. The molecule has 0 aliphatic rings. The number of amides is 1. The first kappa shape index (κ1) is 20.4. The molecule has 0 aliphatic carbocycles. The number of nitro groups is 1. The van der Waals surface area contributed by atoms with Gasteiger partial charge in [0.25, 0.3) is 5.69 Å². The van der Waals surface area contributed by atoms with Crippen molar-refractivity contribution < 1.29 is 18.3 Å². The van der Waals surface area contributed by atoms with E-state index in [2.05, 4.69) is 10.3 Å². The standard InChI is InChI=1S/C20H19N3O5S/c1-13-6-8-15(9-7-13)20-22-18(14(2)28-20)11-29(27)12-19(24)21-16-4-3-5-17(10-16)23(25)26/h3-10H,11-12H2,1-2H3,(H,21,24)/t29-/m1/s1. The zero-order valence-electron chi connectivity index (χ0n) is 15.9. The summed E-state index contributed by atoms with van der Waals surface area (Å²) in [4.78, 5) is 26.8. The average molecular weight is 413 g/mol. The highest BCUT2D eigenvalue weighted by Gasteiger charge is 2.16. The molecule has 29 heavy (non-hydrogen) atoms. The molecule has 8 nitrogen and oxygen atoms in total. The van der Waals surface area contributed by atoms with Crippen molar-refractivity contribution in [3.05, 3.63) is 75.7 Å². The smallest absolute Gasteiger partial charge is 0.271 e. The Bertz CT molecular complexity index is 1080. The van der Waals surface area contributed by atoms with E-state index in [1.165, 1.54) is 24.3 Å². The summed E-state index contributed by atoms with van der Waals surface area (Å²) in [5, 5.41) is 13.3. The number of oxazole rings is 1. The zero-order chi connectivity index (χ0) is 21.0. The van der Waals surface area contributed by atoms with Gasteiger partial charge >= 0.3 is 0 Å². The first-order valence-electron chi connectivity index (χ1n) is 8.74. The molecule has 1 N–H and O–H groups in total. The third kappa shape index (κ3) is 5.35. The molecule has 3 rings (SSSR count). The van der Waals surface area contributed by atoms with Gasteiger partial charge in [-0.1, -0.05) is 23.8 Å². The van der Waals surface area contributed by atoms with Crippen molar-refractivity contribution in [2.45, 2.75) is 19.6 Å². The van der Waals surface area contributed by atoms with E-state index in [1.807, 2.05) is 31.2 Å². The van der Waals surface area contributed by atoms with Crippen LogP contribution in [0, 0.1) is 24.0 Å². The number of nitro benzene ring substituents is 1. The molecule has 0 unspecified atom stereocenters. The minimum absolute atomic E-state index is 0.0730. The maximum atomic E-state index is 12.4. The van der Waals surface area contributed by atoms with E-state index in [9.17, 15) is 19.1 Å². The first-order valence-corrected chi connectivity index (χ1v) is 10.2. The maximum Gasteiger partial charge on any atom is 0.271 e. The van der Waals surface area contributed by atoms with Gasteiger partial charge in [0, 0.05) is 34.2 Å². The van der Waals surface area contributed by atoms with E-state index in [0.717, 1.165) is 11.1 Å². The molecule has 9 heteroatoms. The summed E-state index contributed by atoms with van der Waals surface area (Å²) < 4.78 is 18.1. The number of nitrogens with zero attached hydrogens (tertiary/aromatic N) is 2. The van der Waals surface area contributed by atoms with Crippen molar-refractivity contribution in [1.29, 1.82) is 0 Å². The Morgan fingerprint density at radius 1 is 1.21 bits per heavy atom. The normalized spacial score (nSPS) is 11.8. The van der Waals surface area contributed by atoms with E-state index in [4.69, 9.17) is 4.42 Å². The largest absolute Gasteiger partial charge is 0.441 e. The molecule has 3 aromatic rings. The third-order valence-corrected chi connectivity index (χ3v) is 5.30. The summed E-state index contributed by atoms with van der Waals surface area (Å²) in [6, 6.07) is 13.3. The zero-order valence-corrected chi connectivity index (χ0v) is 16.7. The van der Waals surface area contributed by atoms with Gasteiger partial charge in [-0.25, -0.2) is 4.98 Å². The van der Waals surface area contributed by atoms with Crippen LogP contribution in [0.25, 0.3) is 11.5 Å². The molecule has 0 fully saturated rings. The number of aromatic nitrogens is 1. The lowest BCUT2D eigenvalue weighted by Crippen LogP contribution is -2.20. The number of carbonyl (C=O) groups is 1. The van der Waals surface area contributed by atoms with Gasteiger partial charge in [-0.3, -0.25) is 19.1 Å². The highest BCUT2D eigenvalue weighted by Crippen LogP contribution is 2.23. The van der Waals surface area contributed by atoms with Crippen LogP contribution in [0.1, 0.15) is 17.0 Å². The molecule has 0 saturated heterocycles. The van der Waals surface area contributed by atoms with E-state index >= 15 is 0 Å². The Hall–Kier alpha value is -3.33. The molecule has 0 bridgehead atoms. The van der Waals surface area contributed by atoms with Crippen LogP contribution in [-0.4, -0.2) is 25.8 Å². The van der Waals surface area contributed by atoms with Crippen molar-refractivity contribution >= 4 is 28.1 Å². The van der Waals surface area contributed by atoms with Gasteiger partial charge in [0.1, 0.15) is 11.5 Å². The summed E-state index contributed by atoms with van der Waals surface area (Å²) in [5.41, 5.74) is 2.61. The molecule has 0 radical (unpaired) electrons. The van der Waals surface area contributed by atoms with Crippen LogP contribution >= 0.6 is 0 Å². The molecule has 150 valence electrons. The number of non-ortho nitro benzene ring substituents is 1. The number of aryl methyl sites for hydroxylation is 2. The molecular weight excluding hydrogens is 394 g/mol. The molecular formula is C20H19N3O5S. The Kier molecular flexibility index (Phi) is 6.18. The van der Waals surface area contributed by atoms with E-state index < -0.39 is 21.6 Å². The van der Waals surface area contributed by atoms with E-state index in [1.54, 1.807) is 6.92 Å². The number of rotatable bonds is 7. The molecule has 1 heterocycles. The summed E-state index contributed by atoms with van der Waals surface area (Å²) in [7, 11) is -1.51. The minimum atomic E-state index is -1.51. The summed E-state index contributed by atoms with van der Waals surface area (Å²) >= 11 is 0. The van der Waals surface area contributed by atoms with Gasteiger partial charge in [-0.2, -0.15) is 0 Å². The lowest BCUT2D eigenvalue weighted by molar-refractivity contribution is -0.384. The van der Waals surface area contributed by atoms with Crippen LogP contribution in [0.15, 0.2) is 52.9 Å². The summed E-state index contributed by atoms with van der Waals surface area (Å²) in [5.74, 6) is 0.311. The molecule has 1 aromatic heterocycles. The van der Waals surface area contributed by atoms with Gasteiger partial charge in [0.05, 0.1) is 16.4 Å². The second kappa shape index (κ2) is 8.78. The Balaban J connectivity index is 1.62. The van der Waals surface area contributed by atoms with Crippen molar-refractivity contribution in [3.8, 4) is 11.5 Å². The number of hydrogen-bond donors (Lipinski definition) is 1. The average Bonchev–Trinajstić information content (AvgIpc) is 3.02. The quantitative estimate of drug-likeness (QED) is 0.466. The maximum absolute atomic E-state index is 12.4. The van der Waals surface area contributed by atoms with Gasteiger partial charge in [-0.15, -0.1) is 0 Å². The van der Waals surface area contributed by atoms with Crippen LogP contribution in [0.4, 0.5) is 11.4 Å². The van der Waals surface area contributed by atoms with Gasteiger partial charge < -0.3 is 9.73 Å². The molecule has 0 aliphatic heterocycles. The molecule has 1 atom stereocenters. The molecule has 1 amide bonds. The van der Waals surface area contributed by atoms with Crippen LogP contribution < -0.4 is 5.32 Å². The number of hydrogen-bond acceptors (Lipinski definition) is 6. The summed E-state index contributed by atoms with van der Waals surface area (Å²) in [6.07, 6.45) is 0. The predicted molar refractivity (Wildman–Crippen MR) is 110 cm³/mol. The van der Waals surface area contributed by atoms with Crippen molar-refractivity contribution in [3.63, 3.8) is 0 Å². The van der Waals surface area contributed by atoms with Gasteiger partial charge in [0.2, 0.25) is 11.8 Å². The monoisotopic (exact) mass is 413 g/mol. The van der Waals surface area contributed by atoms with Crippen LogP contribution in [-0.2, 0) is 21.3 Å². The SMILES string of the molecule is Cc1ccc(-c2nc(C[S@@](=O)CC(=O)Nc3cccc([N+](=O)[O-])c3)c(C)o2)cc1. The Labute approximate surface area is 169 Å². The molecule has 0 spiro atoms. The summed E-state index contributed by atoms with van der Waals surface area (Å²) in [6.45, 7) is 3.72. The predicted octanol–water partition coefficient (Wildman–Crippen LogP) is 3.75. The number of benzene rings is 2. The topological polar surface area (TPSA) is 115 Å². The lowest BCUT2D eigenvalue weighted by atomic mass is 10.1. The fourth-order valence-electron chi connectivity index (χ4n) is 2.63.